The molecule has 6 nitrogen and oxygen atoms in total. The Hall–Kier alpha value is -3.55. The van der Waals surface area contributed by atoms with Crippen LogP contribution < -0.4 is 26.9 Å². The van der Waals surface area contributed by atoms with E-state index in [4.69, 9.17) is 11.6 Å². The summed E-state index contributed by atoms with van der Waals surface area (Å²) in [6.07, 6.45) is 3.51. The number of ketones is 1. The normalized spacial score (nSPS) is 10.7. The number of anilines is 1. The number of hydrogen-bond acceptors (Lipinski definition) is 3. The van der Waals surface area contributed by atoms with Gasteiger partial charge < -0.3 is 22.3 Å². The Morgan fingerprint density at radius 3 is 2.53 bits per heavy atom. The van der Waals surface area contributed by atoms with Crippen molar-refractivity contribution in [3.63, 3.8) is 0 Å². The zero-order chi connectivity index (χ0) is 22.8. The highest BCUT2D eigenvalue weighted by molar-refractivity contribution is 6.30. The summed E-state index contributed by atoms with van der Waals surface area (Å²) in [5.41, 5.74) is 3.74. The number of hydrogen-bond donors (Lipinski definition) is 1. The molecular formula is C26H20BrClN4O2. The fraction of sp³-hybridized carbons (Fsp3) is 0.0769. The molecule has 0 aliphatic heterocycles. The van der Waals surface area contributed by atoms with Crippen LogP contribution in [0.4, 0.5) is 5.69 Å². The number of benzene rings is 3. The molecule has 170 valence electrons. The van der Waals surface area contributed by atoms with Crippen LogP contribution in [0.2, 0.25) is 5.02 Å². The zero-order valence-electron chi connectivity index (χ0n) is 18.0. The number of carbonyl (C=O) groups is 2. The van der Waals surface area contributed by atoms with Gasteiger partial charge in [0.05, 0.1) is 11.2 Å². The van der Waals surface area contributed by atoms with Crippen molar-refractivity contribution >= 4 is 50.9 Å². The van der Waals surface area contributed by atoms with Gasteiger partial charge in [0.25, 0.3) is 5.91 Å². The summed E-state index contributed by atoms with van der Waals surface area (Å²) in [7, 11) is 0. The quantitative estimate of drug-likeness (QED) is 0.266. The number of aromatic nitrogens is 3. The number of carbonyl (C=O) groups excluding carboxylic acids is 2. The third kappa shape index (κ3) is 4.85. The molecule has 0 spiro atoms. The van der Waals surface area contributed by atoms with Gasteiger partial charge in [0.15, 0.2) is 24.1 Å². The lowest BCUT2D eigenvalue weighted by molar-refractivity contribution is -0.657. The van der Waals surface area contributed by atoms with Gasteiger partial charge in [-0.1, -0.05) is 41.9 Å². The van der Waals surface area contributed by atoms with E-state index < -0.39 is 0 Å². The molecule has 0 fully saturated rings. The standard InChI is InChI=1S/C26H19ClN4O2.BrH/c27-20-12-10-18(11-13-20)24(32)15-30-17-31(23-9-2-1-8-22(23)30)16-25(33)29-21-7-3-5-19-6-4-14-28-26(19)21;/h1-14,17H,15-16H2;1H. The SMILES string of the molecule is O=C(Cn1c[n+](CC(=O)c2ccc(Cl)cc2)c2ccccc21)Nc1cccc2cccnc12.[Br-]. The Bertz CT molecular complexity index is 1490. The van der Waals surface area contributed by atoms with Gasteiger partial charge in [-0.15, -0.1) is 0 Å². The van der Waals surface area contributed by atoms with Gasteiger partial charge in [0.2, 0.25) is 12.1 Å². The molecule has 8 heteroatoms. The van der Waals surface area contributed by atoms with Crippen molar-refractivity contribution < 1.29 is 31.1 Å². The van der Waals surface area contributed by atoms with E-state index in [0.29, 0.717) is 16.3 Å². The van der Waals surface area contributed by atoms with Crippen LogP contribution >= 0.6 is 11.6 Å². The highest BCUT2D eigenvalue weighted by atomic mass is 79.9. The van der Waals surface area contributed by atoms with E-state index in [1.807, 2.05) is 63.7 Å². The number of nitrogens with zero attached hydrogens (tertiary/aromatic N) is 3. The Balaban J connectivity index is 0.00000274. The number of halogens is 2. The van der Waals surface area contributed by atoms with E-state index in [1.54, 1.807) is 36.8 Å². The van der Waals surface area contributed by atoms with Gasteiger partial charge in [-0.3, -0.25) is 14.6 Å². The lowest BCUT2D eigenvalue weighted by atomic mass is 10.1. The van der Waals surface area contributed by atoms with Crippen LogP contribution in [0.1, 0.15) is 10.4 Å². The van der Waals surface area contributed by atoms with Crippen molar-refractivity contribution in [3.8, 4) is 0 Å². The average molecular weight is 536 g/mol. The number of rotatable bonds is 6. The minimum absolute atomic E-state index is 0. The summed E-state index contributed by atoms with van der Waals surface area (Å²) < 4.78 is 3.71. The van der Waals surface area contributed by atoms with Gasteiger partial charge in [-0.2, -0.15) is 0 Å². The molecular weight excluding hydrogens is 516 g/mol. The number of imidazole rings is 1. The van der Waals surface area contributed by atoms with Gasteiger partial charge >= 0.3 is 0 Å². The van der Waals surface area contributed by atoms with Crippen molar-refractivity contribution in [1.29, 1.82) is 0 Å². The highest BCUT2D eigenvalue weighted by Gasteiger charge is 2.20. The monoisotopic (exact) mass is 534 g/mol. The first-order valence-corrected chi connectivity index (χ1v) is 10.9. The predicted octanol–water partition coefficient (Wildman–Crippen LogP) is 1.66. The van der Waals surface area contributed by atoms with Crippen molar-refractivity contribution in [1.82, 2.24) is 9.55 Å². The van der Waals surface area contributed by atoms with E-state index in [1.165, 1.54) is 0 Å². The third-order valence-corrected chi connectivity index (χ3v) is 5.73. The fourth-order valence-corrected chi connectivity index (χ4v) is 4.05. The first kappa shape index (κ1) is 23.6. The molecule has 5 aromatic rings. The van der Waals surface area contributed by atoms with E-state index in [9.17, 15) is 9.59 Å². The highest BCUT2D eigenvalue weighted by Crippen LogP contribution is 2.21. The summed E-state index contributed by atoms with van der Waals surface area (Å²) in [5, 5.41) is 4.51. The summed E-state index contributed by atoms with van der Waals surface area (Å²) in [4.78, 5) is 30.1. The molecule has 0 saturated carbocycles. The molecule has 3 aromatic carbocycles. The van der Waals surface area contributed by atoms with Crippen LogP contribution in [0.25, 0.3) is 21.9 Å². The predicted molar refractivity (Wildman–Crippen MR) is 128 cm³/mol. The Labute approximate surface area is 211 Å². The number of para-hydroxylation sites is 3. The Morgan fingerprint density at radius 1 is 0.941 bits per heavy atom. The molecule has 1 amide bonds. The van der Waals surface area contributed by atoms with Crippen molar-refractivity contribution in [3.05, 3.63) is 102 Å². The minimum Gasteiger partial charge on any atom is -1.00 e. The van der Waals surface area contributed by atoms with E-state index in [2.05, 4.69) is 10.3 Å². The Kier molecular flexibility index (Phi) is 7.05. The molecule has 0 aliphatic rings. The summed E-state index contributed by atoms with van der Waals surface area (Å²) in [6, 6.07) is 24.1. The summed E-state index contributed by atoms with van der Waals surface area (Å²) in [6.45, 7) is 0.260. The molecule has 0 saturated heterocycles. The number of pyridine rings is 1. The first-order valence-electron chi connectivity index (χ1n) is 10.5. The van der Waals surface area contributed by atoms with Gasteiger partial charge in [0.1, 0.15) is 0 Å². The van der Waals surface area contributed by atoms with Crippen molar-refractivity contribution in [2.75, 3.05) is 5.32 Å². The lowest BCUT2D eigenvalue weighted by Crippen LogP contribution is -3.00. The zero-order valence-corrected chi connectivity index (χ0v) is 20.3. The van der Waals surface area contributed by atoms with Crippen molar-refractivity contribution in [2.45, 2.75) is 13.1 Å². The lowest BCUT2D eigenvalue weighted by Gasteiger charge is -2.07. The smallest absolute Gasteiger partial charge is 0.266 e. The van der Waals surface area contributed by atoms with Crippen LogP contribution in [-0.2, 0) is 17.9 Å². The number of nitrogens with one attached hydrogen (secondary N) is 1. The second kappa shape index (κ2) is 10.2. The molecule has 0 bridgehead atoms. The molecule has 2 aromatic heterocycles. The molecule has 0 aliphatic carbocycles. The average Bonchev–Trinajstić information content (AvgIpc) is 3.16. The molecule has 0 radical (unpaired) electrons. The molecule has 0 unspecified atom stereocenters. The first-order chi connectivity index (χ1) is 16.1. The van der Waals surface area contributed by atoms with E-state index in [0.717, 1.165) is 21.9 Å². The fourth-order valence-electron chi connectivity index (χ4n) is 3.93. The minimum atomic E-state index is -0.176. The number of amides is 1. The molecule has 5 rings (SSSR count). The van der Waals surface area contributed by atoms with Crippen molar-refractivity contribution in [2.24, 2.45) is 0 Å². The maximum absolute atomic E-state index is 12.9. The van der Waals surface area contributed by atoms with Gasteiger partial charge in [0, 0.05) is 22.2 Å². The maximum Gasteiger partial charge on any atom is 0.266 e. The molecule has 2 heterocycles. The molecule has 0 atom stereocenters. The second-order valence-corrected chi connectivity index (χ2v) is 8.16. The topological polar surface area (TPSA) is 67.9 Å². The van der Waals surface area contributed by atoms with Crippen LogP contribution in [0.15, 0.2) is 91.4 Å². The third-order valence-electron chi connectivity index (χ3n) is 5.48. The van der Waals surface area contributed by atoms with Crippen LogP contribution in [-0.4, -0.2) is 21.2 Å². The van der Waals surface area contributed by atoms with Gasteiger partial charge in [-0.05, 0) is 48.5 Å². The number of fused-ring (bicyclic) bond motifs is 2. The maximum atomic E-state index is 12.9. The van der Waals surface area contributed by atoms with Crippen LogP contribution in [0.3, 0.4) is 0 Å². The van der Waals surface area contributed by atoms with Crippen LogP contribution in [0, 0.1) is 0 Å². The Morgan fingerprint density at radius 2 is 1.71 bits per heavy atom. The largest absolute Gasteiger partial charge is 1.00 e. The van der Waals surface area contributed by atoms with E-state index in [-0.39, 0.29) is 41.8 Å². The second-order valence-electron chi connectivity index (χ2n) is 7.72. The van der Waals surface area contributed by atoms with Crippen LogP contribution in [0.5, 0.6) is 0 Å². The molecule has 1 N–H and O–H groups in total. The molecule has 34 heavy (non-hydrogen) atoms. The summed E-state index contributed by atoms with van der Waals surface area (Å²) >= 11 is 5.93. The number of Topliss-reactive ketones (excluding diaryl/α,β-unsaturated/α-hetero) is 1. The summed E-state index contributed by atoms with van der Waals surface area (Å²) in [5.74, 6) is -0.212. The van der Waals surface area contributed by atoms with Gasteiger partial charge in [-0.25, -0.2) is 9.13 Å². The van der Waals surface area contributed by atoms with E-state index >= 15 is 0 Å².